The van der Waals surface area contributed by atoms with Gasteiger partial charge in [-0.3, -0.25) is 4.79 Å². The Bertz CT molecular complexity index is 781. The summed E-state index contributed by atoms with van der Waals surface area (Å²) in [5.74, 6) is 0.783. The van der Waals surface area contributed by atoms with E-state index in [4.69, 9.17) is 26.4 Å². The number of thiocarbonyl (C=S) groups is 1. The predicted octanol–water partition coefficient (Wildman–Crippen LogP) is 4.07. The average molecular weight is 406 g/mol. The van der Waals surface area contributed by atoms with E-state index in [9.17, 15) is 4.79 Å². The van der Waals surface area contributed by atoms with Crippen LogP contribution in [0, 0.1) is 0 Å². The minimum absolute atomic E-state index is 0.372. The van der Waals surface area contributed by atoms with Crippen molar-refractivity contribution in [2.75, 3.05) is 28.3 Å². The van der Waals surface area contributed by atoms with Crippen LogP contribution in [0.15, 0.2) is 48.5 Å². The van der Waals surface area contributed by atoms with Gasteiger partial charge in [0.05, 0.1) is 14.2 Å². The van der Waals surface area contributed by atoms with E-state index in [1.165, 1.54) is 18.9 Å². The second-order valence-electron chi connectivity index (χ2n) is 5.87. The number of hydrogen-bond donors (Lipinski definition) is 0. The molecule has 0 radical (unpaired) electrons. The Morgan fingerprint density at radius 2 is 1.81 bits per heavy atom. The molecule has 0 bridgehead atoms. The van der Waals surface area contributed by atoms with E-state index in [2.05, 4.69) is 0 Å². The Morgan fingerprint density at radius 1 is 1.11 bits per heavy atom. The maximum absolute atomic E-state index is 12.3. The Morgan fingerprint density at radius 3 is 2.41 bits per heavy atom. The highest BCUT2D eigenvalue weighted by atomic mass is 32.2. The van der Waals surface area contributed by atoms with Gasteiger partial charge in [0.1, 0.15) is 16.2 Å². The quantitative estimate of drug-likeness (QED) is 0.508. The fourth-order valence-electron chi connectivity index (χ4n) is 2.27. The number of esters is 1. The summed E-state index contributed by atoms with van der Waals surface area (Å²) in [7, 11) is 6.63. The van der Waals surface area contributed by atoms with Gasteiger partial charge in [0.2, 0.25) is 0 Å². The number of thioether (sulfide) groups is 1. The summed E-state index contributed by atoms with van der Waals surface area (Å²) in [4.78, 5) is 14.1. The third-order valence-electron chi connectivity index (χ3n) is 3.73. The van der Waals surface area contributed by atoms with Gasteiger partial charge < -0.3 is 19.1 Å². The van der Waals surface area contributed by atoms with Crippen LogP contribution in [0.1, 0.15) is 16.4 Å². The van der Waals surface area contributed by atoms with Gasteiger partial charge in [0, 0.05) is 14.1 Å². The van der Waals surface area contributed by atoms with Crippen LogP contribution in [0.4, 0.5) is 0 Å². The summed E-state index contributed by atoms with van der Waals surface area (Å²) in [6.45, 7) is 0.396. The number of methoxy groups -OCH3 is 2. The smallest absolute Gasteiger partial charge is 0.323 e. The predicted molar refractivity (Wildman–Crippen MR) is 112 cm³/mol. The number of hydrogen-bond acceptors (Lipinski definition) is 6. The molecule has 0 heterocycles. The first kappa shape index (κ1) is 21.1. The van der Waals surface area contributed by atoms with E-state index in [1.54, 1.807) is 24.1 Å². The molecular weight excluding hydrogens is 382 g/mol. The molecule has 2 rings (SSSR count). The standard InChI is InChI=1S/C20H23NO4S2/c1-21(2)20(26)27-18(19(22)24-4)15-10-11-16(23-3)17(12-15)25-13-14-8-6-5-7-9-14/h5-12,18H,13H2,1-4H3. The van der Waals surface area contributed by atoms with Crippen molar-refractivity contribution in [3.05, 3.63) is 59.7 Å². The molecule has 0 aromatic heterocycles. The Kier molecular flexibility index (Phi) is 7.94. The Balaban J connectivity index is 2.28. The maximum atomic E-state index is 12.3. The third-order valence-corrected chi connectivity index (χ3v) is 5.65. The van der Waals surface area contributed by atoms with Gasteiger partial charge in [-0.15, -0.1) is 0 Å². The molecule has 0 amide bonds. The average Bonchev–Trinajstić information content (AvgIpc) is 2.70. The van der Waals surface area contributed by atoms with Crippen LogP contribution >= 0.6 is 24.0 Å². The molecule has 0 saturated heterocycles. The molecule has 2 aromatic carbocycles. The SMILES string of the molecule is COC(=O)C(SC(=S)N(C)C)c1ccc(OC)c(OCc2ccccc2)c1. The van der Waals surface area contributed by atoms with E-state index in [1.807, 2.05) is 50.5 Å². The van der Waals surface area contributed by atoms with Gasteiger partial charge in [-0.25, -0.2) is 0 Å². The molecule has 2 aromatic rings. The highest BCUT2D eigenvalue weighted by Gasteiger charge is 2.26. The molecule has 0 aliphatic rings. The highest BCUT2D eigenvalue weighted by molar-refractivity contribution is 8.23. The lowest BCUT2D eigenvalue weighted by atomic mass is 10.1. The molecule has 0 saturated carbocycles. The van der Waals surface area contributed by atoms with E-state index in [0.717, 1.165) is 11.1 Å². The lowest BCUT2D eigenvalue weighted by molar-refractivity contribution is -0.140. The first-order valence-corrected chi connectivity index (χ1v) is 9.55. The van der Waals surface area contributed by atoms with Crippen molar-refractivity contribution in [2.45, 2.75) is 11.9 Å². The molecule has 0 aliphatic carbocycles. The van der Waals surface area contributed by atoms with Crippen LogP contribution in [0.5, 0.6) is 11.5 Å². The number of ether oxygens (including phenoxy) is 3. The van der Waals surface area contributed by atoms with Gasteiger partial charge in [-0.2, -0.15) is 0 Å². The van der Waals surface area contributed by atoms with Crippen molar-refractivity contribution < 1.29 is 19.0 Å². The van der Waals surface area contributed by atoms with Crippen molar-refractivity contribution >= 4 is 34.3 Å². The zero-order chi connectivity index (χ0) is 19.8. The van der Waals surface area contributed by atoms with Gasteiger partial charge in [0.15, 0.2) is 11.5 Å². The van der Waals surface area contributed by atoms with Gasteiger partial charge in [-0.05, 0) is 23.3 Å². The Labute approximate surface area is 169 Å². The highest BCUT2D eigenvalue weighted by Crippen LogP contribution is 2.37. The molecule has 1 atom stereocenters. The van der Waals surface area contributed by atoms with Crippen molar-refractivity contribution in [1.29, 1.82) is 0 Å². The van der Waals surface area contributed by atoms with Crippen molar-refractivity contribution in [3.63, 3.8) is 0 Å². The van der Waals surface area contributed by atoms with Crippen molar-refractivity contribution in [1.82, 2.24) is 4.90 Å². The number of carbonyl (C=O) groups is 1. The van der Waals surface area contributed by atoms with E-state index in [-0.39, 0.29) is 5.97 Å². The zero-order valence-electron chi connectivity index (χ0n) is 15.8. The lowest BCUT2D eigenvalue weighted by Crippen LogP contribution is -2.21. The summed E-state index contributed by atoms with van der Waals surface area (Å²) in [5, 5.41) is -0.588. The number of nitrogens with zero attached hydrogens (tertiary/aromatic N) is 1. The summed E-state index contributed by atoms with van der Waals surface area (Å²) in [6, 6.07) is 15.2. The topological polar surface area (TPSA) is 48.0 Å². The van der Waals surface area contributed by atoms with Crippen molar-refractivity contribution in [3.8, 4) is 11.5 Å². The molecule has 27 heavy (non-hydrogen) atoms. The van der Waals surface area contributed by atoms with E-state index < -0.39 is 5.25 Å². The van der Waals surface area contributed by atoms with E-state index >= 15 is 0 Å². The molecule has 0 aliphatic heterocycles. The minimum Gasteiger partial charge on any atom is -0.493 e. The van der Waals surface area contributed by atoms with Gasteiger partial charge in [-0.1, -0.05) is 60.4 Å². The molecular formula is C20H23NO4S2. The maximum Gasteiger partial charge on any atom is 0.323 e. The van der Waals surface area contributed by atoms with Crippen LogP contribution in [-0.2, 0) is 16.1 Å². The number of benzene rings is 2. The summed E-state index contributed by atoms with van der Waals surface area (Å²) in [6.07, 6.45) is 0. The second-order valence-corrected chi connectivity index (χ2v) is 7.60. The first-order chi connectivity index (χ1) is 13.0. The zero-order valence-corrected chi connectivity index (χ0v) is 17.4. The van der Waals surface area contributed by atoms with Crippen molar-refractivity contribution in [2.24, 2.45) is 0 Å². The molecule has 0 fully saturated rings. The van der Waals surface area contributed by atoms with Crippen LogP contribution in [0.25, 0.3) is 0 Å². The fraction of sp³-hybridized carbons (Fsp3) is 0.300. The summed E-state index contributed by atoms with van der Waals surface area (Å²) in [5.41, 5.74) is 1.78. The molecule has 7 heteroatoms. The summed E-state index contributed by atoms with van der Waals surface area (Å²) < 4.78 is 16.9. The third kappa shape index (κ3) is 5.87. The molecule has 0 N–H and O–H groups in total. The molecule has 144 valence electrons. The second kappa shape index (κ2) is 10.2. The molecule has 1 unspecified atom stereocenters. The minimum atomic E-state index is -0.588. The first-order valence-electron chi connectivity index (χ1n) is 8.26. The van der Waals surface area contributed by atoms with Gasteiger partial charge >= 0.3 is 5.97 Å². The largest absolute Gasteiger partial charge is 0.493 e. The Hall–Kier alpha value is -2.25. The molecule has 0 spiro atoms. The number of carbonyl (C=O) groups excluding carboxylic acids is 1. The monoisotopic (exact) mass is 405 g/mol. The number of rotatable bonds is 7. The van der Waals surface area contributed by atoms with E-state index in [0.29, 0.717) is 22.4 Å². The van der Waals surface area contributed by atoms with Crippen LogP contribution < -0.4 is 9.47 Å². The summed E-state index contributed by atoms with van der Waals surface area (Å²) >= 11 is 6.60. The molecule has 5 nitrogen and oxygen atoms in total. The normalized spacial score (nSPS) is 11.4. The van der Waals surface area contributed by atoms with Crippen LogP contribution in [0.3, 0.4) is 0 Å². The van der Waals surface area contributed by atoms with Crippen LogP contribution in [0.2, 0.25) is 0 Å². The lowest BCUT2D eigenvalue weighted by Gasteiger charge is -2.20. The van der Waals surface area contributed by atoms with Gasteiger partial charge in [0.25, 0.3) is 0 Å². The van der Waals surface area contributed by atoms with Crippen LogP contribution in [-0.4, -0.2) is 43.5 Å². The fourth-order valence-corrected chi connectivity index (χ4v) is 3.45.